The highest BCUT2D eigenvalue weighted by Crippen LogP contribution is 2.48. The number of benzene rings is 1. The molecule has 3 aliphatic rings. The number of nitrogens with one attached hydrogen (secondary N) is 1. The quantitative estimate of drug-likeness (QED) is 0.249. The summed E-state index contributed by atoms with van der Waals surface area (Å²) in [6, 6.07) is 8.01. The number of hydrogen-bond acceptors (Lipinski definition) is 4. The van der Waals surface area contributed by atoms with E-state index in [9.17, 15) is 10.2 Å². The number of hydrogen-bond donors (Lipinski definition) is 3. The molecule has 4 rings (SSSR count). The van der Waals surface area contributed by atoms with Crippen LogP contribution in [0.5, 0.6) is 5.75 Å². The van der Waals surface area contributed by atoms with E-state index in [0.29, 0.717) is 18.3 Å². The third kappa shape index (κ3) is 6.34. The summed E-state index contributed by atoms with van der Waals surface area (Å²) in [5.41, 5.74) is 3.61. The van der Waals surface area contributed by atoms with Crippen LogP contribution < -0.4 is 10.1 Å². The summed E-state index contributed by atoms with van der Waals surface area (Å²) < 4.78 is 5.90. The largest absolute Gasteiger partial charge is 0.508 e. The Morgan fingerprint density at radius 2 is 1.82 bits per heavy atom. The summed E-state index contributed by atoms with van der Waals surface area (Å²) >= 11 is 0. The van der Waals surface area contributed by atoms with Gasteiger partial charge in [-0.05, 0) is 85.9 Å². The van der Waals surface area contributed by atoms with Crippen LogP contribution in [0.2, 0.25) is 0 Å². The lowest BCUT2D eigenvalue weighted by Gasteiger charge is -2.40. The van der Waals surface area contributed by atoms with Crippen LogP contribution in [-0.2, 0) is 0 Å². The molecule has 0 spiro atoms. The molecule has 1 saturated carbocycles. The molecule has 3 unspecified atom stereocenters. The van der Waals surface area contributed by atoms with Crippen molar-refractivity contribution in [3.8, 4) is 5.75 Å². The number of rotatable bonds is 11. The van der Waals surface area contributed by atoms with Gasteiger partial charge in [0.15, 0.2) is 0 Å². The highest BCUT2D eigenvalue weighted by Gasteiger charge is 2.37. The Morgan fingerprint density at radius 1 is 1.03 bits per heavy atom. The third-order valence-electron chi connectivity index (χ3n) is 7.89. The molecule has 4 nitrogen and oxygen atoms in total. The van der Waals surface area contributed by atoms with E-state index in [2.05, 4.69) is 18.3 Å². The van der Waals surface area contributed by atoms with Crippen molar-refractivity contribution in [2.75, 3.05) is 19.7 Å². The summed E-state index contributed by atoms with van der Waals surface area (Å²) in [7, 11) is 0. The lowest BCUT2D eigenvalue weighted by Crippen LogP contribution is -2.28. The molecule has 1 fully saturated rings. The molecule has 3 atom stereocenters. The van der Waals surface area contributed by atoms with Gasteiger partial charge >= 0.3 is 0 Å². The van der Waals surface area contributed by atoms with E-state index in [1.54, 1.807) is 0 Å². The minimum absolute atomic E-state index is 0.172. The first-order valence-corrected chi connectivity index (χ1v) is 13.6. The van der Waals surface area contributed by atoms with Crippen molar-refractivity contribution in [3.05, 3.63) is 65.0 Å². The van der Waals surface area contributed by atoms with E-state index in [0.717, 1.165) is 37.2 Å². The van der Waals surface area contributed by atoms with Crippen molar-refractivity contribution in [2.24, 2.45) is 17.8 Å². The van der Waals surface area contributed by atoms with Crippen molar-refractivity contribution in [3.63, 3.8) is 0 Å². The average molecular weight is 466 g/mol. The number of aliphatic hydroxyl groups is 2. The smallest absolute Gasteiger partial charge is 0.119 e. The molecule has 0 amide bonds. The highest BCUT2D eigenvalue weighted by molar-refractivity contribution is 5.41. The van der Waals surface area contributed by atoms with Crippen LogP contribution >= 0.6 is 0 Å². The average Bonchev–Trinajstić information content (AvgIpc) is 2.88. The molecule has 0 heterocycles. The lowest BCUT2D eigenvalue weighted by atomic mass is 9.66. The molecular formula is C30H43NO3. The fourth-order valence-electron chi connectivity index (χ4n) is 6.04. The van der Waals surface area contributed by atoms with Crippen LogP contribution in [0, 0.1) is 17.8 Å². The molecular weight excluding hydrogens is 422 g/mol. The van der Waals surface area contributed by atoms with Gasteiger partial charge in [0.2, 0.25) is 0 Å². The summed E-state index contributed by atoms with van der Waals surface area (Å²) in [5.74, 6) is 2.25. The molecule has 0 bridgehead atoms. The Balaban J connectivity index is 1.44. The van der Waals surface area contributed by atoms with Crippen LogP contribution in [0.4, 0.5) is 0 Å². The maximum atomic E-state index is 11.6. The first-order valence-electron chi connectivity index (χ1n) is 13.6. The van der Waals surface area contributed by atoms with Gasteiger partial charge in [0, 0.05) is 12.5 Å². The van der Waals surface area contributed by atoms with E-state index in [1.807, 2.05) is 36.4 Å². The topological polar surface area (TPSA) is 61.7 Å². The predicted octanol–water partition coefficient (Wildman–Crippen LogP) is 6.79. The van der Waals surface area contributed by atoms with Gasteiger partial charge in [-0.25, -0.2) is 0 Å². The molecule has 3 N–H and O–H groups in total. The summed E-state index contributed by atoms with van der Waals surface area (Å²) in [4.78, 5) is 0. The van der Waals surface area contributed by atoms with Crippen LogP contribution in [-0.4, -0.2) is 29.9 Å². The van der Waals surface area contributed by atoms with Gasteiger partial charge in [-0.3, -0.25) is 0 Å². The van der Waals surface area contributed by atoms with Crippen molar-refractivity contribution in [2.45, 2.75) is 77.2 Å². The van der Waals surface area contributed by atoms with Gasteiger partial charge in [0.05, 0.1) is 0 Å². The molecule has 0 aromatic heterocycles. The van der Waals surface area contributed by atoms with Crippen molar-refractivity contribution < 1.29 is 14.9 Å². The lowest BCUT2D eigenvalue weighted by molar-refractivity contribution is 0.186. The minimum atomic E-state index is -0.614. The zero-order valence-corrected chi connectivity index (χ0v) is 20.8. The van der Waals surface area contributed by atoms with E-state index in [4.69, 9.17) is 4.74 Å². The molecule has 186 valence electrons. The highest BCUT2D eigenvalue weighted by atomic mass is 16.5. The van der Waals surface area contributed by atoms with Gasteiger partial charge in [0.1, 0.15) is 24.2 Å². The monoisotopic (exact) mass is 465 g/mol. The van der Waals surface area contributed by atoms with Crippen LogP contribution in [0.25, 0.3) is 0 Å². The number of allylic oxidation sites excluding steroid dienone is 4. The Labute approximate surface area is 205 Å². The second kappa shape index (κ2) is 12.6. The first-order chi connectivity index (χ1) is 16.7. The maximum Gasteiger partial charge on any atom is 0.119 e. The summed E-state index contributed by atoms with van der Waals surface area (Å²) in [6.45, 7) is 4.76. The van der Waals surface area contributed by atoms with E-state index in [1.165, 1.54) is 62.5 Å². The standard InChI is InChI=1S/C30H43NO3/c1-2-3-7-18-31-19-20-34-26-14-10-23(11-15-26)30(33)29-27(22-8-5-4-6-9-22)16-12-24-21-25(32)13-17-28(24)29/h10-11,13-15,17,21-22,24,28,30-33H,2-9,12,16,18-20H2,1H3. The predicted molar refractivity (Wildman–Crippen MR) is 139 cm³/mol. The number of aliphatic hydroxyl groups excluding tert-OH is 2. The molecule has 0 saturated heterocycles. The Hall–Kier alpha value is -2.04. The minimum Gasteiger partial charge on any atom is -0.508 e. The van der Waals surface area contributed by atoms with Gasteiger partial charge in [-0.2, -0.15) is 0 Å². The van der Waals surface area contributed by atoms with E-state index >= 15 is 0 Å². The molecule has 0 aliphatic heterocycles. The molecule has 1 aromatic rings. The van der Waals surface area contributed by atoms with Crippen molar-refractivity contribution in [1.29, 1.82) is 0 Å². The third-order valence-corrected chi connectivity index (χ3v) is 7.89. The van der Waals surface area contributed by atoms with Gasteiger partial charge < -0.3 is 20.3 Å². The number of ether oxygens (including phenoxy) is 1. The van der Waals surface area contributed by atoms with Crippen molar-refractivity contribution >= 4 is 0 Å². The first kappa shape index (κ1) is 25.1. The van der Waals surface area contributed by atoms with Crippen LogP contribution in [0.1, 0.15) is 82.8 Å². The molecule has 3 aliphatic carbocycles. The molecule has 0 radical (unpaired) electrons. The fraction of sp³-hybridized carbons (Fsp3) is 0.600. The molecule has 34 heavy (non-hydrogen) atoms. The Kier molecular flexibility index (Phi) is 9.29. The summed E-state index contributed by atoms with van der Waals surface area (Å²) in [5, 5.41) is 25.1. The second-order valence-corrected chi connectivity index (χ2v) is 10.3. The fourth-order valence-corrected chi connectivity index (χ4v) is 6.04. The second-order valence-electron chi connectivity index (χ2n) is 10.3. The zero-order chi connectivity index (χ0) is 23.8. The molecule has 4 heteroatoms. The van der Waals surface area contributed by atoms with Crippen LogP contribution in [0.3, 0.4) is 0 Å². The maximum absolute atomic E-state index is 11.6. The van der Waals surface area contributed by atoms with Crippen molar-refractivity contribution in [1.82, 2.24) is 5.32 Å². The summed E-state index contributed by atoms with van der Waals surface area (Å²) in [6.07, 6.45) is 17.5. The Morgan fingerprint density at radius 3 is 2.59 bits per heavy atom. The van der Waals surface area contributed by atoms with Gasteiger partial charge in [-0.1, -0.05) is 62.8 Å². The zero-order valence-electron chi connectivity index (χ0n) is 20.8. The SMILES string of the molecule is CCCCCNCCOc1ccc(C(O)C2=C(C3CCCCC3)CCC3C=C(O)C=CC23)cc1. The number of fused-ring (bicyclic) bond motifs is 1. The number of unbranched alkanes of at least 4 members (excludes halogenated alkanes) is 2. The van der Waals surface area contributed by atoms with E-state index in [-0.39, 0.29) is 11.8 Å². The Bertz CT molecular complexity index is 864. The van der Waals surface area contributed by atoms with Gasteiger partial charge in [0.25, 0.3) is 0 Å². The van der Waals surface area contributed by atoms with Crippen LogP contribution in [0.15, 0.2) is 59.4 Å². The van der Waals surface area contributed by atoms with E-state index < -0.39 is 6.10 Å². The van der Waals surface area contributed by atoms with Gasteiger partial charge in [-0.15, -0.1) is 0 Å². The molecule has 1 aromatic carbocycles. The normalized spacial score (nSPS) is 24.0.